The van der Waals surface area contributed by atoms with E-state index in [1.165, 1.54) is 7.11 Å². The maximum atomic E-state index is 11.8. The molecule has 0 radical (unpaired) electrons. The number of carbonyl (C=O) groups is 1. The van der Waals surface area contributed by atoms with Crippen molar-refractivity contribution < 1.29 is 14.3 Å². The Morgan fingerprint density at radius 3 is 2.33 bits per heavy atom. The zero-order chi connectivity index (χ0) is 20.0. The second-order valence-corrected chi connectivity index (χ2v) is 7.54. The van der Waals surface area contributed by atoms with Crippen molar-refractivity contribution in [2.24, 2.45) is 11.8 Å². The molecular formula is C20H26ClN3O3. The van der Waals surface area contributed by atoms with E-state index >= 15 is 0 Å². The van der Waals surface area contributed by atoms with Gasteiger partial charge in [-0.15, -0.1) is 0 Å². The van der Waals surface area contributed by atoms with Crippen LogP contribution in [0.2, 0.25) is 5.02 Å². The fourth-order valence-electron chi connectivity index (χ4n) is 2.40. The van der Waals surface area contributed by atoms with Crippen LogP contribution < -0.4 is 10.1 Å². The number of carbonyl (C=O) groups excluding carboxylic acids is 1. The van der Waals surface area contributed by atoms with E-state index in [2.05, 4.69) is 47.7 Å². The van der Waals surface area contributed by atoms with Gasteiger partial charge in [-0.2, -0.15) is 0 Å². The minimum atomic E-state index is -0.796. The SMILES string of the molecule is COC(=O)Oc1c(CC(C)C)nc(-c2ccc(Cl)cc2)nc1NCC(C)C. The summed E-state index contributed by atoms with van der Waals surface area (Å²) in [5.41, 5.74) is 1.49. The van der Waals surface area contributed by atoms with Crippen LogP contribution >= 0.6 is 11.6 Å². The Labute approximate surface area is 165 Å². The predicted molar refractivity (Wildman–Crippen MR) is 107 cm³/mol. The minimum absolute atomic E-state index is 0.314. The Kier molecular flexibility index (Phi) is 7.42. The largest absolute Gasteiger partial charge is 0.513 e. The van der Waals surface area contributed by atoms with Gasteiger partial charge in [0.05, 0.1) is 12.8 Å². The molecule has 2 aromatic rings. The molecule has 7 heteroatoms. The number of hydrogen-bond donors (Lipinski definition) is 1. The Hall–Kier alpha value is -2.34. The highest BCUT2D eigenvalue weighted by molar-refractivity contribution is 6.30. The monoisotopic (exact) mass is 391 g/mol. The van der Waals surface area contributed by atoms with Crippen LogP contribution in [0.4, 0.5) is 10.6 Å². The van der Waals surface area contributed by atoms with Crippen LogP contribution in [0, 0.1) is 11.8 Å². The van der Waals surface area contributed by atoms with Crippen LogP contribution in [-0.4, -0.2) is 29.8 Å². The van der Waals surface area contributed by atoms with Crippen molar-refractivity contribution in [1.29, 1.82) is 0 Å². The highest BCUT2D eigenvalue weighted by atomic mass is 35.5. The minimum Gasteiger partial charge on any atom is -0.437 e. The van der Waals surface area contributed by atoms with Crippen molar-refractivity contribution in [1.82, 2.24) is 9.97 Å². The maximum Gasteiger partial charge on any atom is 0.513 e. The summed E-state index contributed by atoms with van der Waals surface area (Å²) in [5, 5.41) is 3.91. The smallest absolute Gasteiger partial charge is 0.437 e. The Balaban J connectivity index is 2.56. The van der Waals surface area contributed by atoms with Crippen molar-refractivity contribution in [3.05, 3.63) is 35.0 Å². The molecule has 1 heterocycles. The first-order valence-corrected chi connectivity index (χ1v) is 9.34. The lowest BCUT2D eigenvalue weighted by molar-refractivity contribution is 0.121. The predicted octanol–water partition coefficient (Wildman–Crippen LogP) is 5.21. The summed E-state index contributed by atoms with van der Waals surface area (Å²) in [6.07, 6.45) is -0.165. The molecule has 0 bridgehead atoms. The van der Waals surface area contributed by atoms with Gasteiger partial charge in [-0.1, -0.05) is 39.3 Å². The fourth-order valence-corrected chi connectivity index (χ4v) is 2.53. The molecule has 146 valence electrons. The van der Waals surface area contributed by atoms with Gasteiger partial charge in [-0.3, -0.25) is 0 Å². The van der Waals surface area contributed by atoms with Gasteiger partial charge in [0.1, 0.15) is 0 Å². The lowest BCUT2D eigenvalue weighted by atomic mass is 10.1. The van der Waals surface area contributed by atoms with E-state index < -0.39 is 6.16 Å². The van der Waals surface area contributed by atoms with Gasteiger partial charge >= 0.3 is 6.16 Å². The second-order valence-electron chi connectivity index (χ2n) is 7.11. The van der Waals surface area contributed by atoms with E-state index in [0.29, 0.717) is 52.9 Å². The third-order valence-electron chi connectivity index (χ3n) is 3.67. The molecule has 0 amide bonds. The third kappa shape index (κ3) is 6.10. The van der Waals surface area contributed by atoms with Crippen molar-refractivity contribution in [3.8, 4) is 17.1 Å². The molecule has 2 rings (SSSR count). The van der Waals surface area contributed by atoms with E-state index in [4.69, 9.17) is 16.3 Å². The van der Waals surface area contributed by atoms with E-state index in [1.54, 1.807) is 12.1 Å². The molecule has 1 aromatic carbocycles. The number of halogens is 1. The molecule has 0 unspecified atom stereocenters. The van der Waals surface area contributed by atoms with E-state index in [0.717, 1.165) is 5.56 Å². The first-order valence-electron chi connectivity index (χ1n) is 8.96. The molecule has 27 heavy (non-hydrogen) atoms. The summed E-state index contributed by atoms with van der Waals surface area (Å²) in [4.78, 5) is 21.0. The summed E-state index contributed by atoms with van der Waals surface area (Å²) < 4.78 is 10.1. The maximum absolute atomic E-state index is 11.8. The number of benzene rings is 1. The van der Waals surface area contributed by atoms with Gasteiger partial charge in [-0.05, 0) is 42.5 Å². The highest BCUT2D eigenvalue weighted by Crippen LogP contribution is 2.32. The lowest BCUT2D eigenvalue weighted by Gasteiger charge is -2.17. The third-order valence-corrected chi connectivity index (χ3v) is 3.92. The van der Waals surface area contributed by atoms with Crippen LogP contribution in [0.5, 0.6) is 5.75 Å². The molecular weight excluding hydrogens is 366 g/mol. The molecule has 0 fully saturated rings. The van der Waals surface area contributed by atoms with Gasteiger partial charge in [-0.25, -0.2) is 14.8 Å². The van der Waals surface area contributed by atoms with Crippen LogP contribution in [-0.2, 0) is 11.2 Å². The summed E-state index contributed by atoms with van der Waals surface area (Å²) in [5.74, 6) is 2.04. The molecule has 1 N–H and O–H groups in total. The zero-order valence-corrected chi connectivity index (χ0v) is 17.1. The number of anilines is 1. The van der Waals surface area contributed by atoms with Crippen molar-refractivity contribution >= 4 is 23.6 Å². The normalized spacial score (nSPS) is 11.0. The van der Waals surface area contributed by atoms with Crippen molar-refractivity contribution in [3.63, 3.8) is 0 Å². The van der Waals surface area contributed by atoms with Crippen molar-refractivity contribution in [2.75, 3.05) is 19.0 Å². The standard InChI is InChI=1S/C20H26ClN3O3/c1-12(2)10-16-17(27-20(25)26-5)19(22-11-13(3)4)24-18(23-16)14-6-8-15(21)9-7-14/h6-9,12-13H,10-11H2,1-5H3,(H,22,23,24). The number of ether oxygens (including phenoxy) is 2. The summed E-state index contributed by atoms with van der Waals surface area (Å²) in [6.45, 7) is 9.00. The number of methoxy groups -OCH3 is 1. The summed E-state index contributed by atoms with van der Waals surface area (Å²) in [7, 11) is 1.27. The number of rotatable bonds is 7. The zero-order valence-electron chi connectivity index (χ0n) is 16.4. The Morgan fingerprint density at radius 2 is 1.78 bits per heavy atom. The van der Waals surface area contributed by atoms with E-state index in [1.807, 2.05) is 12.1 Å². The number of nitrogens with one attached hydrogen (secondary N) is 1. The molecule has 0 saturated heterocycles. The van der Waals surface area contributed by atoms with E-state index in [-0.39, 0.29) is 0 Å². The van der Waals surface area contributed by atoms with Gasteiger partial charge in [0.2, 0.25) is 0 Å². The van der Waals surface area contributed by atoms with Crippen LogP contribution in [0.15, 0.2) is 24.3 Å². The Morgan fingerprint density at radius 1 is 1.11 bits per heavy atom. The fraction of sp³-hybridized carbons (Fsp3) is 0.450. The average Bonchev–Trinajstić information content (AvgIpc) is 2.61. The molecule has 0 spiro atoms. The molecule has 0 saturated carbocycles. The summed E-state index contributed by atoms with van der Waals surface area (Å²) >= 11 is 5.99. The summed E-state index contributed by atoms with van der Waals surface area (Å²) in [6, 6.07) is 7.32. The van der Waals surface area contributed by atoms with Gasteiger partial charge in [0.25, 0.3) is 0 Å². The van der Waals surface area contributed by atoms with Crippen LogP contribution in [0.25, 0.3) is 11.4 Å². The molecule has 0 aliphatic rings. The Bertz CT molecular complexity index is 777. The molecule has 0 atom stereocenters. The molecule has 6 nitrogen and oxygen atoms in total. The van der Waals surface area contributed by atoms with Crippen molar-refractivity contribution in [2.45, 2.75) is 34.1 Å². The highest BCUT2D eigenvalue weighted by Gasteiger charge is 2.21. The lowest BCUT2D eigenvalue weighted by Crippen LogP contribution is -2.17. The van der Waals surface area contributed by atoms with Gasteiger partial charge in [0.15, 0.2) is 17.4 Å². The van der Waals surface area contributed by atoms with Crippen LogP contribution in [0.3, 0.4) is 0 Å². The number of aromatic nitrogens is 2. The number of hydrogen-bond acceptors (Lipinski definition) is 6. The second kappa shape index (κ2) is 9.55. The van der Waals surface area contributed by atoms with Gasteiger partial charge in [0, 0.05) is 17.1 Å². The molecule has 0 aliphatic carbocycles. The average molecular weight is 392 g/mol. The molecule has 1 aromatic heterocycles. The van der Waals surface area contributed by atoms with E-state index in [9.17, 15) is 4.79 Å². The quantitative estimate of drug-likeness (QED) is 0.653. The van der Waals surface area contributed by atoms with Gasteiger partial charge < -0.3 is 14.8 Å². The first kappa shape index (κ1) is 21.0. The van der Waals surface area contributed by atoms with Crippen LogP contribution in [0.1, 0.15) is 33.4 Å². The number of nitrogens with zero attached hydrogens (tertiary/aromatic N) is 2. The first-order chi connectivity index (χ1) is 12.8. The topological polar surface area (TPSA) is 73.3 Å². The molecule has 0 aliphatic heterocycles.